The molecule has 3 aromatic carbocycles. The third-order valence-corrected chi connectivity index (χ3v) is 3.82. The molecule has 4 heteroatoms. The average molecular weight is 315 g/mol. The Labute approximate surface area is 139 Å². The Hall–Kier alpha value is -3.27. The summed E-state index contributed by atoms with van der Waals surface area (Å²) in [4.78, 5) is 0. The molecular weight excluding hydrogens is 301 g/mol. The molecule has 0 atom stereocenters. The summed E-state index contributed by atoms with van der Waals surface area (Å²) in [6.45, 7) is 0. The first-order valence-corrected chi connectivity index (χ1v) is 7.66. The van der Waals surface area contributed by atoms with Crippen LogP contribution in [-0.4, -0.2) is 14.8 Å². The SMILES string of the molecule is Fc1ccccc1-c1nnc(-c2ccccc2)n1-c1ccccc1. The van der Waals surface area contributed by atoms with E-state index in [9.17, 15) is 4.39 Å². The van der Waals surface area contributed by atoms with Gasteiger partial charge in [0.25, 0.3) is 0 Å². The quantitative estimate of drug-likeness (QED) is 0.546. The van der Waals surface area contributed by atoms with Gasteiger partial charge in [-0.1, -0.05) is 60.7 Å². The fourth-order valence-corrected chi connectivity index (χ4v) is 2.70. The van der Waals surface area contributed by atoms with E-state index in [4.69, 9.17) is 0 Å². The Kier molecular flexibility index (Phi) is 3.63. The lowest BCUT2D eigenvalue weighted by Crippen LogP contribution is -2.01. The summed E-state index contributed by atoms with van der Waals surface area (Å²) in [5, 5.41) is 8.60. The van der Waals surface area contributed by atoms with Gasteiger partial charge in [-0.2, -0.15) is 0 Å². The maximum atomic E-state index is 14.3. The summed E-state index contributed by atoms with van der Waals surface area (Å²) in [6, 6.07) is 26.1. The van der Waals surface area contributed by atoms with Gasteiger partial charge in [-0.25, -0.2) is 4.39 Å². The van der Waals surface area contributed by atoms with Gasteiger partial charge in [0, 0.05) is 11.3 Å². The van der Waals surface area contributed by atoms with E-state index in [2.05, 4.69) is 10.2 Å². The van der Waals surface area contributed by atoms with Crippen LogP contribution in [0.4, 0.5) is 4.39 Å². The minimum Gasteiger partial charge on any atom is -0.275 e. The molecular formula is C20H14FN3. The zero-order chi connectivity index (χ0) is 16.4. The van der Waals surface area contributed by atoms with Crippen molar-refractivity contribution in [1.29, 1.82) is 0 Å². The lowest BCUT2D eigenvalue weighted by molar-refractivity contribution is 0.629. The highest BCUT2D eigenvalue weighted by Gasteiger charge is 2.18. The molecule has 0 saturated heterocycles. The van der Waals surface area contributed by atoms with Gasteiger partial charge in [-0.15, -0.1) is 10.2 Å². The molecule has 4 aromatic rings. The van der Waals surface area contributed by atoms with Crippen molar-refractivity contribution in [2.45, 2.75) is 0 Å². The summed E-state index contributed by atoms with van der Waals surface area (Å²) in [7, 11) is 0. The third-order valence-electron chi connectivity index (χ3n) is 3.82. The van der Waals surface area contributed by atoms with E-state index in [0.717, 1.165) is 11.3 Å². The van der Waals surface area contributed by atoms with Crippen molar-refractivity contribution in [2.75, 3.05) is 0 Å². The van der Waals surface area contributed by atoms with Crippen LogP contribution < -0.4 is 0 Å². The molecule has 4 rings (SSSR count). The smallest absolute Gasteiger partial charge is 0.171 e. The first-order valence-electron chi connectivity index (χ1n) is 7.66. The molecule has 0 aliphatic carbocycles. The Bertz CT molecular complexity index is 963. The van der Waals surface area contributed by atoms with Crippen LogP contribution in [0.2, 0.25) is 0 Å². The van der Waals surface area contributed by atoms with E-state index in [1.54, 1.807) is 18.2 Å². The molecule has 0 aliphatic heterocycles. The molecule has 24 heavy (non-hydrogen) atoms. The van der Waals surface area contributed by atoms with Gasteiger partial charge < -0.3 is 0 Å². The van der Waals surface area contributed by atoms with Gasteiger partial charge in [0.15, 0.2) is 11.6 Å². The second kappa shape index (κ2) is 6.08. The monoisotopic (exact) mass is 315 g/mol. The van der Waals surface area contributed by atoms with Gasteiger partial charge in [0.1, 0.15) is 5.82 Å². The summed E-state index contributed by atoms with van der Waals surface area (Å²) in [6.07, 6.45) is 0. The van der Waals surface area contributed by atoms with E-state index < -0.39 is 0 Å². The Morgan fingerprint density at radius 3 is 1.92 bits per heavy atom. The van der Waals surface area contributed by atoms with Crippen molar-refractivity contribution < 1.29 is 4.39 Å². The molecule has 1 aromatic heterocycles. The molecule has 0 bridgehead atoms. The first kappa shape index (κ1) is 14.3. The number of nitrogens with zero attached hydrogens (tertiary/aromatic N) is 3. The number of halogens is 1. The average Bonchev–Trinajstić information content (AvgIpc) is 3.08. The summed E-state index contributed by atoms with van der Waals surface area (Å²) >= 11 is 0. The number of hydrogen-bond acceptors (Lipinski definition) is 2. The standard InChI is InChI=1S/C20H14FN3/c21-18-14-8-7-13-17(18)20-23-22-19(15-9-3-1-4-10-15)24(20)16-11-5-2-6-12-16/h1-14H. The lowest BCUT2D eigenvalue weighted by atomic mass is 10.1. The summed E-state index contributed by atoms with van der Waals surface area (Å²) in [5.74, 6) is 0.847. The van der Waals surface area contributed by atoms with Crippen LogP contribution in [0, 0.1) is 5.82 Å². The molecule has 0 fully saturated rings. The van der Waals surface area contributed by atoms with E-state index >= 15 is 0 Å². The van der Waals surface area contributed by atoms with Crippen LogP contribution in [0.25, 0.3) is 28.5 Å². The van der Waals surface area contributed by atoms with Crippen molar-refractivity contribution in [3.8, 4) is 28.5 Å². The number of benzene rings is 3. The topological polar surface area (TPSA) is 30.7 Å². The largest absolute Gasteiger partial charge is 0.275 e. The second-order valence-corrected chi connectivity index (χ2v) is 5.36. The van der Waals surface area contributed by atoms with Crippen LogP contribution in [0.15, 0.2) is 84.9 Å². The predicted molar refractivity (Wildman–Crippen MR) is 92.2 cm³/mol. The van der Waals surface area contributed by atoms with Gasteiger partial charge in [-0.05, 0) is 24.3 Å². The fourth-order valence-electron chi connectivity index (χ4n) is 2.70. The van der Waals surface area contributed by atoms with Crippen molar-refractivity contribution >= 4 is 0 Å². The second-order valence-electron chi connectivity index (χ2n) is 5.36. The van der Waals surface area contributed by atoms with Gasteiger partial charge >= 0.3 is 0 Å². The lowest BCUT2D eigenvalue weighted by Gasteiger charge is -2.11. The van der Waals surface area contributed by atoms with E-state index in [1.807, 2.05) is 65.2 Å². The fraction of sp³-hybridized carbons (Fsp3) is 0. The molecule has 0 saturated carbocycles. The molecule has 116 valence electrons. The predicted octanol–water partition coefficient (Wildman–Crippen LogP) is 4.74. The molecule has 1 heterocycles. The van der Waals surface area contributed by atoms with E-state index in [1.165, 1.54) is 6.07 Å². The molecule has 0 radical (unpaired) electrons. The maximum absolute atomic E-state index is 14.3. The number of aromatic nitrogens is 3. The van der Waals surface area contributed by atoms with Gasteiger partial charge in [0.2, 0.25) is 0 Å². The van der Waals surface area contributed by atoms with E-state index in [-0.39, 0.29) is 5.82 Å². The van der Waals surface area contributed by atoms with Crippen LogP contribution in [0.5, 0.6) is 0 Å². The number of para-hydroxylation sites is 1. The minimum atomic E-state index is -0.318. The van der Waals surface area contributed by atoms with Crippen molar-refractivity contribution in [3.05, 3.63) is 90.7 Å². The number of rotatable bonds is 3. The van der Waals surface area contributed by atoms with Crippen LogP contribution in [0.1, 0.15) is 0 Å². The maximum Gasteiger partial charge on any atom is 0.171 e. The van der Waals surface area contributed by atoms with Crippen LogP contribution >= 0.6 is 0 Å². The first-order chi connectivity index (χ1) is 11.8. The molecule has 0 unspecified atom stereocenters. The normalized spacial score (nSPS) is 10.7. The van der Waals surface area contributed by atoms with Gasteiger partial charge in [0.05, 0.1) is 5.56 Å². The zero-order valence-electron chi connectivity index (χ0n) is 12.8. The molecule has 0 spiro atoms. The Balaban J connectivity index is 2.00. The summed E-state index contributed by atoms with van der Waals surface area (Å²) < 4.78 is 16.2. The molecule has 0 aliphatic rings. The van der Waals surface area contributed by atoms with Crippen molar-refractivity contribution in [1.82, 2.24) is 14.8 Å². The van der Waals surface area contributed by atoms with Crippen LogP contribution in [-0.2, 0) is 0 Å². The van der Waals surface area contributed by atoms with Gasteiger partial charge in [-0.3, -0.25) is 4.57 Å². The highest BCUT2D eigenvalue weighted by atomic mass is 19.1. The molecule has 3 nitrogen and oxygen atoms in total. The molecule has 0 N–H and O–H groups in total. The Morgan fingerprint density at radius 2 is 1.21 bits per heavy atom. The zero-order valence-corrected chi connectivity index (χ0v) is 12.8. The third kappa shape index (κ3) is 2.48. The van der Waals surface area contributed by atoms with Crippen LogP contribution in [0.3, 0.4) is 0 Å². The molecule has 0 amide bonds. The van der Waals surface area contributed by atoms with Crippen molar-refractivity contribution in [2.24, 2.45) is 0 Å². The number of hydrogen-bond donors (Lipinski definition) is 0. The van der Waals surface area contributed by atoms with E-state index in [0.29, 0.717) is 17.2 Å². The summed E-state index contributed by atoms with van der Waals surface area (Å²) in [5.41, 5.74) is 2.24. The Morgan fingerprint density at radius 1 is 0.625 bits per heavy atom. The highest BCUT2D eigenvalue weighted by Crippen LogP contribution is 2.29. The van der Waals surface area contributed by atoms with Crippen molar-refractivity contribution in [3.63, 3.8) is 0 Å². The minimum absolute atomic E-state index is 0.318. The highest BCUT2D eigenvalue weighted by molar-refractivity contribution is 5.66.